The van der Waals surface area contributed by atoms with Gasteiger partial charge in [0.2, 0.25) is 0 Å². The van der Waals surface area contributed by atoms with E-state index in [4.69, 9.17) is 15.4 Å². The number of amides is 1. The van der Waals surface area contributed by atoms with Crippen LogP contribution in [-0.2, 0) is 13.8 Å². The van der Waals surface area contributed by atoms with Gasteiger partial charge in [-0.05, 0) is 40.9 Å². The lowest BCUT2D eigenvalue weighted by atomic mass is 10.1. The molecule has 116 valence electrons. The zero-order chi connectivity index (χ0) is 15.6. The minimum Gasteiger partial charge on any atom is -0.379 e. The third kappa shape index (κ3) is 4.15. The summed E-state index contributed by atoms with van der Waals surface area (Å²) >= 11 is 2.91. The lowest BCUT2D eigenvalue weighted by molar-refractivity contribution is 0.0622. The van der Waals surface area contributed by atoms with Crippen molar-refractivity contribution in [3.63, 3.8) is 0 Å². The van der Waals surface area contributed by atoms with Crippen LogP contribution in [0.4, 0.5) is 4.39 Å². The van der Waals surface area contributed by atoms with Gasteiger partial charge < -0.3 is 10.1 Å². The summed E-state index contributed by atoms with van der Waals surface area (Å²) in [6, 6.07) is 1.60. The average Bonchev–Trinajstić information content (AvgIpc) is 2.38. The third-order valence-electron chi connectivity index (χ3n) is 3.02. The van der Waals surface area contributed by atoms with Gasteiger partial charge in [0.25, 0.3) is 15.0 Å². The molecule has 0 bridgehead atoms. The van der Waals surface area contributed by atoms with E-state index in [9.17, 15) is 17.6 Å². The van der Waals surface area contributed by atoms with Crippen LogP contribution >= 0.6 is 26.6 Å². The second kappa shape index (κ2) is 6.60. The predicted octanol–water partition coefficient (Wildman–Crippen LogP) is 2.42. The number of hydrogen-bond acceptors (Lipinski definition) is 4. The van der Waals surface area contributed by atoms with E-state index >= 15 is 0 Å². The number of ether oxygens (including phenoxy) is 1. The molecule has 21 heavy (non-hydrogen) atoms. The van der Waals surface area contributed by atoms with E-state index in [1.165, 1.54) is 0 Å². The first-order valence-corrected chi connectivity index (χ1v) is 9.21. The molecule has 1 saturated heterocycles. The van der Waals surface area contributed by atoms with Gasteiger partial charge >= 0.3 is 0 Å². The Bertz CT molecular complexity index is 661. The average molecular weight is 401 g/mol. The second-order valence-electron chi connectivity index (χ2n) is 4.59. The molecular weight excluding hydrogens is 389 g/mol. The van der Waals surface area contributed by atoms with Crippen LogP contribution in [-0.4, -0.2) is 33.6 Å². The summed E-state index contributed by atoms with van der Waals surface area (Å²) in [7, 11) is 1.17. The maximum absolute atomic E-state index is 13.9. The zero-order valence-electron chi connectivity index (χ0n) is 10.7. The molecule has 1 amide bonds. The summed E-state index contributed by atoms with van der Waals surface area (Å²) in [5, 5.41) is 2.62. The first-order valence-electron chi connectivity index (χ1n) is 6.11. The Morgan fingerprint density at radius 2 is 2.19 bits per heavy atom. The number of carbonyl (C=O) groups excluding carboxylic acids is 1. The Morgan fingerprint density at radius 3 is 2.76 bits per heavy atom. The second-order valence-corrected chi connectivity index (χ2v) is 7.98. The van der Waals surface area contributed by atoms with Crippen LogP contribution in [0.3, 0.4) is 0 Å². The molecule has 0 radical (unpaired) electrons. The molecule has 9 heteroatoms. The lowest BCUT2D eigenvalue weighted by Crippen LogP contribution is -2.40. The van der Waals surface area contributed by atoms with Gasteiger partial charge in [-0.15, -0.1) is 0 Å². The highest BCUT2D eigenvalue weighted by atomic mass is 79.9. The van der Waals surface area contributed by atoms with Crippen LogP contribution < -0.4 is 5.32 Å². The molecule has 0 aliphatic carbocycles. The molecule has 1 aromatic carbocycles. The molecule has 5 nitrogen and oxygen atoms in total. The smallest absolute Gasteiger partial charge is 0.262 e. The number of nitrogens with one attached hydrogen (secondary N) is 1. The maximum Gasteiger partial charge on any atom is 0.262 e. The zero-order valence-corrected chi connectivity index (χ0v) is 13.9. The van der Waals surface area contributed by atoms with Gasteiger partial charge in [0.1, 0.15) is 5.82 Å². The summed E-state index contributed by atoms with van der Waals surface area (Å²) < 4.78 is 41.8. The van der Waals surface area contributed by atoms with Gasteiger partial charge in [-0.25, -0.2) is 12.8 Å². The van der Waals surface area contributed by atoms with Crippen molar-refractivity contribution in [3.05, 3.63) is 28.0 Å². The van der Waals surface area contributed by atoms with Gasteiger partial charge in [0, 0.05) is 21.8 Å². The van der Waals surface area contributed by atoms with Crippen molar-refractivity contribution in [3.8, 4) is 0 Å². The van der Waals surface area contributed by atoms with Crippen LogP contribution in [0.25, 0.3) is 0 Å². The van der Waals surface area contributed by atoms with Crippen molar-refractivity contribution in [1.82, 2.24) is 5.32 Å². The van der Waals surface area contributed by atoms with Crippen molar-refractivity contribution in [2.24, 2.45) is 0 Å². The highest BCUT2D eigenvalue weighted by molar-refractivity contribution is 9.10. The predicted molar refractivity (Wildman–Crippen MR) is 78.4 cm³/mol. The van der Waals surface area contributed by atoms with Gasteiger partial charge in [0.05, 0.1) is 23.1 Å². The normalized spacial score (nSPS) is 19.3. The highest BCUT2D eigenvalue weighted by Crippen LogP contribution is 2.28. The number of benzene rings is 1. The minimum atomic E-state index is -4.09. The number of carbonyl (C=O) groups is 1. The van der Waals surface area contributed by atoms with Crippen molar-refractivity contribution >= 4 is 41.6 Å². The fourth-order valence-corrected chi connectivity index (χ4v) is 4.18. The van der Waals surface area contributed by atoms with Gasteiger partial charge in [-0.1, -0.05) is 0 Å². The Morgan fingerprint density at radius 1 is 1.48 bits per heavy atom. The maximum atomic E-state index is 13.9. The van der Waals surface area contributed by atoms with E-state index in [-0.39, 0.29) is 21.0 Å². The SMILES string of the molecule is O=C(NC1CCCOC1)c1cc(S(=O)(=O)Cl)c(Br)cc1F. The van der Waals surface area contributed by atoms with Crippen LogP contribution in [0.15, 0.2) is 21.5 Å². The van der Waals surface area contributed by atoms with Gasteiger partial charge in [0.15, 0.2) is 0 Å². The topological polar surface area (TPSA) is 72.5 Å². The molecule has 1 aliphatic heterocycles. The van der Waals surface area contributed by atoms with Crippen LogP contribution in [0.5, 0.6) is 0 Å². The first-order chi connectivity index (χ1) is 9.79. The van der Waals surface area contributed by atoms with Crippen molar-refractivity contribution in [2.45, 2.75) is 23.8 Å². The molecule has 0 saturated carbocycles. The largest absolute Gasteiger partial charge is 0.379 e. The number of halogens is 3. The Hall–Kier alpha value is -0.700. The molecule has 2 rings (SSSR count). The van der Waals surface area contributed by atoms with E-state index in [1.807, 2.05) is 0 Å². The highest BCUT2D eigenvalue weighted by Gasteiger charge is 2.23. The number of rotatable bonds is 3. The van der Waals surface area contributed by atoms with Crippen molar-refractivity contribution in [1.29, 1.82) is 0 Å². The van der Waals surface area contributed by atoms with E-state index < -0.39 is 20.8 Å². The third-order valence-corrected chi connectivity index (χ3v) is 5.30. The van der Waals surface area contributed by atoms with Crippen LogP contribution in [0.1, 0.15) is 23.2 Å². The molecule has 1 heterocycles. The number of hydrogen-bond donors (Lipinski definition) is 1. The molecule has 0 aromatic heterocycles. The van der Waals surface area contributed by atoms with Crippen molar-refractivity contribution < 1.29 is 22.3 Å². The molecular formula is C12H12BrClFNO4S. The summed E-state index contributed by atoms with van der Waals surface area (Å²) in [6.07, 6.45) is 1.53. The van der Waals surface area contributed by atoms with Gasteiger partial charge in [-0.2, -0.15) is 0 Å². The van der Waals surface area contributed by atoms with E-state index in [2.05, 4.69) is 21.2 Å². The quantitative estimate of drug-likeness (QED) is 0.791. The lowest BCUT2D eigenvalue weighted by Gasteiger charge is -2.23. The Balaban J connectivity index is 2.28. The Labute approximate surface area is 134 Å². The van der Waals surface area contributed by atoms with Gasteiger partial charge in [-0.3, -0.25) is 4.79 Å². The van der Waals surface area contributed by atoms with E-state index in [0.717, 1.165) is 25.0 Å². The molecule has 1 atom stereocenters. The summed E-state index contributed by atoms with van der Waals surface area (Å²) in [5.41, 5.74) is -0.372. The standard InChI is InChI=1S/C12H12BrClFNO4S/c13-9-5-10(15)8(4-11(9)21(14,18)19)12(17)16-7-2-1-3-20-6-7/h4-5,7H,1-3,6H2,(H,16,17). The molecule has 1 aromatic rings. The summed E-state index contributed by atoms with van der Waals surface area (Å²) in [5.74, 6) is -1.53. The molecule has 0 spiro atoms. The van der Waals surface area contributed by atoms with Crippen LogP contribution in [0.2, 0.25) is 0 Å². The summed E-state index contributed by atoms with van der Waals surface area (Å²) in [6.45, 7) is 0.984. The van der Waals surface area contributed by atoms with E-state index in [1.54, 1.807) is 0 Å². The fraction of sp³-hybridized carbons (Fsp3) is 0.417. The summed E-state index contributed by atoms with van der Waals surface area (Å²) in [4.78, 5) is 11.7. The molecule has 1 aliphatic rings. The minimum absolute atomic E-state index is 0.0347. The molecule has 1 fully saturated rings. The van der Waals surface area contributed by atoms with E-state index in [0.29, 0.717) is 13.2 Å². The molecule has 1 unspecified atom stereocenters. The van der Waals surface area contributed by atoms with Crippen molar-refractivity contribution in [2.75, 3.05) is 13.2 Å². The first kappa shape index (κ1) is 16.7. The van der Waals surface area contributed by atoms with Crippen LogP contribution in [0, 0.1) is 5.82 Å². The fourth-order valence-electron chi connectivity index (χ4n) is 2.01. The molecule has 1 N–H and O–H groups in total. The Kier molecular flexibility index (Phi) is 5.24. The monoisotopic (exact) mass is 399 g/mol.